The second kappa shape index (κ2) is 6.44. The van der Waals surface area contributed by atoms with E-state index in [9.17, 15) is 24.8 Å². The number of aliphatic hydroxyl groups excluding tert-OH is 1. The number of aliphatic hydroxyl groups is 1. The summed E-state index contributed by atoms with van der Waals surface area (Å²) in [5.41, 5.74) is -2.41. The summed E-state index contributed by atoms with van der Waals surface area (Å²) in [6.07, 6.45) is -0.121. The lowest BCUT2D eigenvalue weighted by Crippen LogP contribution is -2.44. The Kier molecular flexibility index (Phi) is 5.17. The molecule has 0 saturated carbocycles. The maximum atomic E-state index is 11.8. The highest BCUT2D eigenvalue weighted by Gasteiger charge is 2.20. The lowest BCUT2D eigenvalue weighted by Gasteiger charge is -2.15. The fourth-order valence-electron chi connectivity index (χ4n) is 1.64. The Morgan fingerprint density at radius 2 is 2.05 bits per heavy atom. The van der Waals surface area contributed by atoms with Crippen molar-refractivity contribution in [1.82, 2.24) is 14.5 Å². The van der Waals surface area contributed by atoms with Crippen molar-refractivity contribution in [2.45, 2.75) is 32.5 Å². The first-order valence-electron chi connectivity index (χ1n) is 6.10. The molecule has 0 radical (unpaired) electrons. The van der Waals surface area contributed by atoms with Gasteiger partial charge in [-0.05, 0) is 0 Å². The van der Waals surface area contributed by atoms with Crippen molar-refractivity contribution in [1.29, 1.82) is 0 Å². The maximum Gasteiger partial charge on any atom is 0.350 e. The van der Waals surface area contributed by atoms with Crippen LogP contribution < -0.4 is 16.6 Å². The van der Waals surface area contributed by atoms with Gasteiger partial charge in [0.25, 0.3) is 0 Å². The van der Waals surface area contributed by atoms with Gasteiger partial charge in [0.2, 0.25) is 0 Å². The fourth-order valence-corrected chi connectivity index (χ4v) is 1.64. The monoisotopic (exact) mass is 286 g/mol. The third kappa shape index (κ3) is 3.75. The molecule has 0 aliphatic rings. The van der Waals surface area contributed by atoms with Crippen molar-refractivity contribution in [2.75, 3.05) is 6.54 Å². The predicted molar refractivity (Wildman–Crippen MR) is 71.7 cm³/mol. The minimum absolute atomic E-state index is 0.134. The lowest BCUT2D eigenvalue weighted by atomic mass is 10.3. The molecule has 2 N–H and O–H groups in total. The molecule has 1 rings (SSSR count). The van der Waals surface area contributed by atoms with Gasteiger partial charge in [0.05, 0.1) is 23.8 Å². The number of nitrogens with zero attached hydrogens (tertiary/aromatic N) is 3. The first-order chi connectivity index (χ1) is 9.23. The van der Waals surface area contributed by atoms with E-state index in [4.69, 9.17) is 0 Å². The molecule has 0 aliphatic carbocycles. The molecule has 112 valence electrons. The Balaban J connectivity index is 3.09. The summed E-state index contributed by atoms with van der Waals surface area (Å²) in [5, 5.41) is 23.5. The average Bonchev–Trinajstić information content (AvgIpc) is 2.36. The van der Waals surface area contributed by atoms with Crippen molar-refractivity contribution in [3.63, 3.8) is 0 Å². The van der Waals surface area contributed by atoms with Crippen molar-refractivity contribution in [2.24, 2.45) is 7.05 Å². The van der Waals surface area contributed by atoms with E-state index >= 15 is 0 Å². The molecule has 20 heavy (non-hydrogen) atoms. The highest BCUT2D eigenvalue weighted by molar-refractivity contribution is 5.21. The average molecular weight is 286 g/mol. The van der Waals surface area contributed by atoms with E-state index in [1.807, 2.05) is 13.8 Å². The van der Waals surface area contributed by atoms with E-state index in [1.54, 1.807) is 0 Å². The molecule has 1 unspecified atom stereocenters. The van der Waals surface area contributed by atoms with Crippen LogP contribution >= 0.6 is 0 Å². The van der Waals surface area contributed by atoms with Crippen molar-refractivity contribution < 1.29 is 10.0 Å². The summed E-state index contributed by atoms with van der Waals surface area (Å²) in [7, 11) is 1.31. The molecule has 1 heterocycles. The quantitative estimate of drug-likeness (QED) is 0.501. The Morgan fingerprint density at radius 3 is 2.55 bits per heavy atom. The third-order valence-corrected chi connectivity index (χ3v) is 2.66. The van der Waals surface area contributed by atoms with Crippen LogP contribution in [0.5, 0.6) is 0 Å². The van der Waals surface area contributed by atoms with Gasteiger partial charge in [0, 0.05) is 19.6 Å². The first kappa shape index (κ1) is 16.1. The number of rotatable bonds is 6. The second-order valence-electron chi connectivity index (χ2n) is 4.80. The molecule has 0 fully saturated rings. The minimum Gasteiger partial charge on any atom is -0.390 e. The highest BCUT2D eigenvalue weighted by Crippen LogP contribution is 1.99. The van der Waals surface area contributed by atoms with Crippen molar-refractivity contribution in [3.05, 3.63) is 37.1 Å². The van der Waals surface area contributed by atoms with E-state index in [1.165, 1.54) is 7.05 Å². The van der Waals surface area contributed by atoms with E-state index in [-0.39, 0.29) is 19.1 Å². The number of nitrogens with one attached hydrogen (secondary N) is 1. The van der Waals surface area contributed by atoms with E-state index in [0.717, 1.165) is 10.8 Å². The second-order valence-corrected chi connectivity index (χ2v) is 4.80. The summed E-state index contributed by atoms with van der Waals surface area (Å²) >= 11 is 0. The minimum atomic E-state index is -1.01. The van der Waals surface area contributed by atoms with Crippen LogP contribution in [-0.4, -0.2) is 37.9 Å². The molecule has 0 spiro atoms. The number of nitro groups is 1. The standard InChI is InChI=1S/C11H18N4O5/c1-7(2)12-4-8(16)5-14-10(17)9(15(19)20)6-13(3)11(14)18/h6-8,12,16H,4-5H2,1-3H3. The molecule has 1 aromatic heterocycles. The summed E-state index contributed by atoms with van der Waals surface area (Å²) in [6.45, 7) is 3.64. The number of aromatic nitrogens is 2. The molecule has 9 heteroatoms. The summed E-state index contributed by atoms with van der Waals surface area (Å²) in [5.74, 6) is 0. The van der Waals surface area contributed by atoms with Gasteiger partial charge in [-0.15, -0.1) is 0 Å². The summed E-state index contributed by atoms with van der Waals surface area (Å²) in [4.78, 5) is 33.5. The van der Waals surface area contributed by atoms with Crippen LogP contribution in [0.25, 0.3) is 0 Å². The van der Waals surface area contributed by atoms with E-state index in [2.05, 4.69) is 5.32 Å². The van der Waals surface area contributed by atoms with Gasteiger partial charge < -0.3 is 10.4 Å². The zero-order valence-corrected chi connectivity index (χ0v) is 11.6. The molecular formula is C11H18N4O5. The van der Waals surface area contributed by atoms with Crippen LogP contribution in [0.1, 0.15) is 13.8 Å². The summed E-state index contributed by atoms with van der Waals surface area (Å²) < 4.78 is 1.62. The third-order valence-electron chi connectivity index (χ3n) is 2.66. The van der Waals surface area contributed by atoms with Gasteiger partial charge in [0.1, 0.15) is 0 Å². The molecule has 0 aliphatic heterocycles. The van der Waals surface area contributed by atoms with Crippen LogP contribution in [0.2, 0.25) is 0 Å². The summed E-state index contributed by atoms with van der Waals surface area (Å²) in [6, 6.07) is 0.134. The zero-order valence-electron chi connectivity index (χ0n) is 11.6. The molecule has 0 aromatic carbocycles. The van der Waals surface area contributed by atoms with Gasteiger partial charge >= 0.3 is 16.9 Å². The molecule has 0 amide bonds. The van der Waals surface area contributed by atoms with Gasteiger partial charge in [-0.2, -0.15) is 0 Å². The van der Waals surface area contributed by atoms with Crippen LogP contribution in [0.4, 0.5) is 5.69 Å². The normalized spacial score (nSPS) is 12.7. The lowest BCUT2D eigenvalue weighted by molar-refractivity contribution is -0.387. The molecule has 1 atom stereocenters. The Hall–Kier alpha value is -2.00. The molecular weight excluding hydrogens is 268 g/mol. The topological polar surface area (TPSA) is 119 Å². The molecule has 0 saturated heterocycles. The van der Waals surface area contributed by atoms with E-state index < -0.39 is 28.0 Å². The molecule has 0 bridgehead atoms. The van der Waals surface area contributed by atoms with Crippen molar-refractivity contribution >= 4 is 5.69 Å². The van der Waals surface area contributed by atoms with E-state index in [0.29, 0.717) is 4.57 Å². The van der Waals surface area contributed by atoms with Gasteiger partial charge in [-0.1, -0.05) is 13.8 Å². The number of hydrogen-bond donors (Lipinski definition) is 2. The highest BCUT2D eigenvalue weighted by atomic mass is 16.6. The van der Waals surface area contributed by atoms with Crippen molar-refractivity contribution in [3.8, 4) is 0 Å². The Bertz CT molecular complexity index is 604. The fraction of sp³-hybridized carbons (Fsp3) is 0.636. The van der Waals surface area contributed by atoms with Gasteiger partial charge in [-0.3, -0.25) is 24.0 Å². The first-order valence-corrected chi connectivity index (χ1v) is 6.10. The van der Waals surface area contributed by atoms with Crippen LogP contribution in [-0.2, 0) is 13.6 Å². The van der Waals surface area contributed by atoms with Crippen LogP contribution in [0.3, 0.4) is 0 Å². The molecule has 9 nitrogen and oxygen atoms in total. The van der Waals surface area contributed by atoms with Gasteiger partial charge in [0.15, 0.2) is 0 Å². The maximum absolute atomic E-state index is 11.8. The van der Waals surface area contributed by atoms with Gasteiger partial charge in [-0.25, -0.2) is 4.79 Å². The van der Waals surface area contributed by atoms with Crippen LogP contribution in [0.15, 0.2) is 15.8 Å². The molecule has 1 aromatic rings. The zero-order chi connectivity index (χ0) is 15.4. The van der Waals surface area contributed by atoms with Crippen LogP contribution in [0, 0.1) is 10.1 Å². The Labute approximate surface area is 114 Å². The largest absolute Gasteiger partial charge is 0.390 e. The number of hydrogen-bond acceptors (Lipinski definition) is 6. The number of aryl methyl sites for hydroxylation is 1. The predicted octanol–water partition coefficient (Wildman–Crippen LogP) is -1.19. The smallest absolute Gasteiger partial charge is 0.350 e. The SMILES string of the molecule is CC(C)NCC(O)Cn1c(=O)c([N+](=O)[O-])cn(C)c1=O. The Morgan fingerprint density at radius 1 is 1.45 bits per heavy atom.